The molecule has 1 unspecified atom stereocenters. The Morgan fingerprint density at radius 2 is 1.87 bits per heavy atom. The third-order valence-electron chi connectivity index (χ3n) is 6.10. The first kappa shape index (κ1) is 22.0. The number of piperidine rings is 1. The van der Waals surface area contributed by atoms with Gasteiger partial charge in [0.2, 0.25) is 10.0 Å². The monoisotopic (exact) mass is 467 g/mol. The van der Waals surface area contributed by atoms with Gasteiger partial charge in [0.1, 0.15) is 9.77 Å². The Kier molecular flexibility index (Phi) is 6.94. The molecule has 0 bridgehead atoms. The number of carbonyl (C=O) groups is 1. The molecule has 2 aliphatic rings. The van der Waals surface area contributed by atoms with Crippen molar-refractivity contribution in [3.8, 4) is 0 Å². The summed E-state index contributed by atoms with van der Waals surface area (Å²) >= 11 is 2.91. The van der Waals surface area contributed by atoms with Gasteiger partial charge in [0.25, 0.3) is 5.91 Å². The predicted molar refractivity (Wildman–Crippen MR) is 122 cm³/mol. The van der Waals surface area contributed by atoms with Gasteiger partial charge in [0, 0.05) is 24.5 Å². The number of sulfonamides is 1. The van der Waals surface area contributed by atoms with Crippen LogP contribution >= 0.6 is 22.7 Å². The number of carbonyl (C=O) groups excluding carboxylic acids is 1. The Balaban J connectivity index is 1.48. The third-order valence-corrected chi connectivity index (χ3v) is 10.1. The first-order valence-corrected chi connectivity index (χ1v) is 13.8. The molecule has 1 N–H and O–H groups in total. The Hall–Kier alpha value is -1.26. The summed E-state index contributed by atoms with van der Waals surface area (Å²) in [5, 5.41) is 6.80. The summed E-state index contributed by atoms with van der Waals surface area (Å²) in [5.41, 5.74) is 0. The van der Waals surface area contributed by atoms with E-state index in [-0.39, 0.29) is 16.8 Å². The zero-order chi connectivity index (χ0) is 21.1. The van der Waals surface area contributed by atoms with E-state index in [0.717, 1.165) is 31.8 Å². The number of rotatable bonds is 7. The van der Waals surface area contributed by atoms with Crippen LogP contribution in [0.25, 0.3) is 0 Å². The van der Waals surface area contributed by atoms with Crippen molar-refractivity contribution in [2.45, 2.75) is 43.5 Å². The van der Waals surface area contributed by atoms with Gasteiger partial charge in [-0.3, -0.25) is 9.69 Å². The van der Waals surface area contributed by atoms with Crippen LogP contribution in [0.5, 0.6) is 0 Å². The molecule has 0 aliphatic carbocycles. The summed E-state index contributed by atoms with van der Waals surface area (Å²) in [7, 11) is -3.60. The normalized spacial score (nSPS) is 20.4. The number of amides is 1. The number of likely N-dealkylation sites (tertiary alicyclic amines) is 1. The number of thiophene rings is 2. The van der Waals surface area contributed by atoms with E-state index in [1.54, 1.807) is 22.8 Å². The van der Waals surface area contributed by atoms with Gasteiger partial charge in [-0.1, -0.05) is 13.0 Å². The van der Waals surface area contributed by atoms with Crippen LogP contribution < -0.4 is 5.32 Å². The zero-order valence-corrected chi connectivity index (χ0v) is 19.7. The Labute approximate surface area is 186 Å². The van der Waals surface area contributed by atoms with Gasteiger partial charge in [-0.05, 0) is 67.6 Å². The molecule has 164 valence electrons. The SMILES string of the molecule is CC1CCN(C(CNC(=O)c2sccc2S(=O)(=O)N2CCCC2)c2cccs2)CC1. The molecule has 2 aliphatic heterocycles. The highest BCUT2D eigenvalue weighted by molar-refractivity contribution is 7.89. The van der Waals surface area contributed by atoms with E-state index in [2.05, 4.69) is 28.6 Å². The molecule has 2 fully saturated rings. The van der Waals surface area contributed by atoms with Crippen LogP contribution in [0.3, 0.4) is 0 Å². The molecule has 0 radical (unpaired) electrons. The summed E-state index contributed by atoms with van der Waals surface area (Å²) in [4.78, 5) is 17.1. The molecule has 0 spiro atoms. The fourth-order valence-electron chi connectivity index (χ4n) is 4.23. The van der Waals surface area contributed by atoms with Crippen LogP contribution in [0.4, 0.5) is 0 Å². The van der Waals surface area contributed by atoms with Crippen molar-refractivity contribution in [2.75, 3.05) is 32.7 Å². The van der Waals surface area contributed by atoms with Gasteiger partial charge in [-0.15, -0.1) is 22.7 Å². The second-order valence-electron chi connectivity index (χ2n) is 8.18. The van der Waals surface area contributed by atoms with Crippen LogP contribution in [0, 0.1) is 5.92 Å². The average molecular weight is 468 g/mol. The third kappa shape index (κ3) is 4.65. The summed E-state index contributed by atoms with van der Waals surface area (Å²) in [5.74, 6) is 0.444. The molecular weight excluding hydrogens is 438 g/mol. The highest BCUT2D eigenvalue weighted by Crippen LogP contribution is 2.30. The van der Waals surface area contributed by atoms with Crippen molar-refractivity contribution in [1.82, 2.24) is 14.5 Å². The molecule has 0 aromatic carbocycles. The van der Waals surface area contributed by atoms with E-state index in [4.69, 9.17) is 0 Å². The topological polar surface area (TPSA) is 69.7 Å². The molecule has 2 aromatic rings. The van der Waals surface area contributed by atoms with Gasteiger partial charge in [0.05, 0.1) is 6.04 Å². The molecule has 1 amide bonds. The summed E-state index contributed by atoms with van der Waals surface area (Å²) < 4.78 is 27.4. The van der Waals surface area contributed by atoms with Crippen molar-refractivity contribution in [3.63, 3.8) is 0 Å². The van der Waals surface area contributed by atoms with Gasteiger partial charge in [-0.2, -0.15) is 4.31 Å². The molecule has 6 nitrogen and oxygen atoms in total. The van der Waals surface area contributed by atoms with E-state index < -0.39 is 10.0 Å². The predicted octanol–water partition coefficient (Wildman–Crippen LogP) is 3.80. The lowest BCUT2D eigenvalue weighted by Gasteiger charge is -2.36. The highest BCUT2D eigenvalue weighted by atomic mass is 32.2. The molecule has 0 saturated carbocycles. The summed E-state index contributed by atoms with van der Waals surface area (Å²) in [6, 6.07) is 5.85. The molecule has 4 rings (SSSR count). The molecule has 9 heteroatoms. The van der Waals surface area contributed by atoms with E-state index in [1.165, 1.54) is 33.4 Å². The smallest absolute Gasteiger partial charge is 0.262 e. The number of nitrogens with zero attached hydrogens (tertiary/aromatic N) is 2. The van der Waals surface area contributed by atoms with E-state index in [0.29, 0.717) is 24.5 Å². The molecule has 2 saturated heterocycles. The highest BCUT2D eigenvalue weighted by Gasteiger charge is 2.32. The van der Waals surface area contributed by atoms with Crippen LogP contribution in [0.2, 0.25) is 0 Å². The standard InChI is InChI=1S/C21H29N3O3S3/c1-16-6-11-23(12-7-16)17(18-5-4-13-28-18)15-22-21(25)20-19(8-14-29-20)30(26,27)24-9-2-3-10-24/h4-5,8,13-14,16-17H,2-3,6-7,9-12,15H2,1H3,(H,22,25). The lowest BCUT2D eigenvalue weighted by Crippen LogP contribution is -2.41. The zero-order valence-electron chi connectivity index (χ0n) is 17.2. The number of hydrogen-bond donors (Lipinski definition) is 1. The van der Waals surface area contributed by atoms with E-state index in [9.17, 15) is 13.2 Å². The Bertz CT molecular complexity index is 941. The van der Waals surface area contributed by atoms with E-state index in [1.807, 2.05) is 6.07 Å². The van der Waals surface area contributed by atoms with Crippen molar-refractivity contribution in [2.24, 2.45) is 5.92 Å². The first-order valence-electron chi connectivity index (χ1n) is 10.6. The maximum absolute atomic E-state index is 13.0. The van der Waals surface area contributed by atoms with Crippen LogP contribution in [-0.2, 0) is 10.0 Å². The summed E-state index contributed by atoms with van der Waals surface area (Å²) in [6.45, 7) is 5.88. The van der Waals surface area contributed by atoms with Gasteiger partial charge < -0.3 is 5.32 Å². The van der Waals surface area contributed by atoms with Gasteiger partial charge in [-0.25, -0.2) is 8.42 Å². The minimum atomic E-state index is -3.60. The lowest BCUT2D eigenvalue weighted by atomic mass is 9.97. The van der Waals surface area contributed by atoms with Crippen molar-refractivity contribution in [1.29, 1.82) is 0 Å². The average Bonchev–Trinajstić information content (AvgIpc) is 3.51. The van der Waals surface area contributed by atoms with Gasteiger partial charge in [0.15, 0.2) is 0 Å². The molecular formula is C21H29N3O3S3. The van der Waals surface area contributed by atoms with Crippen LogP contribution in [0.15, 0.2) is 33.9 Å². The quantitative estimate of drug-likeness (QED) is 0.673. The van der Waals surface area contributed by atoms with E-state index >= 15 is 0 Å². The minimum Gasteiger partial charge on any atom is -0.349 e. The van der Waals surface area contributed by atoms with Crippen molar-refractivity contribution in [3.05, 3.63) is 38.7 Å². The Morgan fingerprint density at radius 3 is 2.53 bits per heavy atom. The number of nitrogens with one attached hydrogen (secondary N) is 1. The maximum Gasteiger partial charge on any atom is 0.262 e. The van der Waals surface area contributed by atoms with Crippen LogP contribution in [0.1, 0.15) is 53.2 Å². The maximum atomic E-state index is 13.0. The molecule has 2 aromatic heterocycles. The first-order chi connectivity index (χ1) is 14.5. The Morgan fingerprint density at radius 1 is 1.13 bits per heavy atom. The summed E-state index contributed by atoms with van der Waals surface area (Å²) in [6.07, 6.45) is 4.08. The largest absolute Gasteiger partial charge is 0.349 e. The molecule has 1 atom stereocenters. The second-order valence-corrected chi connectivity index (χ2v) is 12.0. The van der Waals surface area contributed by atoms with Gasteiger partial charge >= 0.3 is 0 Å². The van der Waals surface area contributed by atoms with Crippen molar-refractivity contribution < 1.29 is 13.2 Å². The fraction of sp³-hybridized carbons (Fsp3) is 0.571. The molecule has 30 heavy (non-hydrogen) atoms. The fourth-order valence-corrected chi connectivity index (χ4v) is 7.93. The number of hydrogen-bond acceptors (Lipinski definition) is 6. The molecule has 4 heterocycles. The second kappa shape index (κ2) is 9.48. The van der Waals surface area contributed by atoms with Crippen molar-refractivity contribution >= 4 is 38.6 Å². The lowest BCUT2D eigenvalue weighted by molar-refractivity contribution is 0.0916. The van der Waals surface area contributed by atoms with Crippen LogP contribution in [-0.4, -0.2) is 56.3 Å². The minimum absolute atomic E-state index is 0.125.